The highest BCUT2D eigenvalue weighted by atomic mass is 32.2. The van der Waals surface area contributed by atoms with Gasteiger partial charge in [-0.3, -0.25) is 14.5 Å². The Kier molecular flexibility index (Phi) is 6.84. The molecule has 32 heavy (non-hydrogen) atoms. The van der Waals surface area contributed by atoms with Crippen LogP contribution in [-0.4, -0.2) is 47.1 Å². The van der Waals surface area contributed by atoms with Crippen LogP contribution in [0.5, 0.6) is 17.2 Å². The van der Waals surface area contributed by atoms with Gasteiger partial charge in [0.25, 0.3) is 0 Å². The number of nitrogens with one attached hydrogen (secondary N) is 1. The summed E-state index contributed by atoms with van der Waals surface area (Å²) in [4.78, 5) is 31.6. The fourth-order valence-corrected chi connectivity index (χ4v) is 4.54. The molecule has 1 saturated heterocycles. The number of amidine groups is 1. The average Bonchev–Trinajstić information content (AvgIpc) is 3.37. The fourth-order valence-electron chi connectivity index (χ4n) is 3.32. The number of carbonyl (C=O) groups excluding carboxylic acids is 2. The van der Waals surface area contributed by atoms with Crippen LogP contribution in [0, 0.1) is 0 Å². The zero-order valence-electron chi connectivity index (χ0n) is 18.0. The van der Waals surface area contributed by atoms with Gasteiger partial charge in [-0.05, 0) is 49.7 Å². The van der Waals surface area contributed by atoms with Crippen LogP contribution in [0.4, 0.5) is 11.4 Å². The maximum absolute atomic E-state index is 12.8. The van der Waals surface area contributed by atoms with E-state index in [-0.39, 0.29) is 25.0 Å². The number of fused-ring (bicyclic) bond motifs is 1. The van der Waals surface area contributed by atoms with Crippen molar-refractivity contribution >= 4 is 40.1 Å². The molecule has 0 unspecified atom stereocenters. The Bertz CT molecular complexity index is 1020. The zero-order valence-corrected chi connectivity index (χ0v) is 18.8. The first kappa shape index (κ1) is 22.0. The summed E-state index contributed by atoms with van der Waals surface area (Å²) >= 11 is 1.30. The zero-order chi connectivity index (χ0) is 22.5. The van der Waals surface area contributed by atoms with E-state index in [0.29, 0.717) is 41.2 Å². The Morgan fingerprint density at radius 3 is 2.72 bits per heavy atom. The highest BCUT2D eigenvalue weighted by molar-refractivity contribution is 8.15. The van der Waals surface area contributed by atoms with Crippen molar-refractivity contribution < 1.29 is 23.8 Å². The normalized spacial score (nSPS) is 18.3. The molecule has 2 aromatic carbocycles. The number of amides is 2. The second-order valence-corrected chi connectivity index (χ2v) is 8.42. The van der Waals surface area contributed by atoms with Gasteiger partial charge in [0.1, 0.15) is 11.0 Å². The summed E-state index contributed by atoms with van der Waals surface area (Å²) in [6.07, 6.45) is 0.995. The number of thioether (sulfide) groups is 1. The summed E-state index contributed by atoms with van der Waals surface area (Å²) in [6, 6.07) is 12.6. The molecule has 0 aliphatic carbocycles. The minimum Gasteiger partial charge on any atom is -0.494 e. The number of benzene rings is 2. The molecular weight excluding hydrogens is 430 g/mol. The minimum atomic E-state index is -0.519. The number of hydrogen-bond acceptors (Lipinski definition) is 7. The Balaban J connectivity index is 1.39. The van der Waals surface area contributed by atoms with Crippen molar-refractivity contribution in [3.8, 4) is 17.2 Å². The van der Waals surface area contributed by atoms with Gasteiger partial charge in [-0.15, -0.1) is 0 Å². The van der Waals surface area contributed by atoms with Crippen LogP contribution >= 0.6 is 11.8 Å². The molecular formula is C23H25N3O5S. The molecule has 2 aliphatic rings. The first-order chi connectivity index (χ1) is 15.6. The average molecular weight is 456 g/mol. The van der Waals surface area contributed by atoms with Crippen LogP contribution in [0.1, 0.15) is 26.7 Å². The molecule has 4 rings (SSSR count). The number of aliphatic imine (C=N–C) groups is 1. The van der Waals surface area contributed by atoms with Gasteiger partial charge in [0, 0.05) is 24.7 Å². The van der Waals surface area contributed by atoms with Gasteiger partial charge in [0.05, 0.1) is 12.3 Å². The lowest BCUT2D eigenvalue weighted by Gasteiger charge is -2.13. The molecule has 168 valence electrons. The van der Waals surface area contributed by atoms with E-state index in [1.165, 1.54) is 11.8 Å². The number of nitrogens with zero attached hydrogens (tertiary/aromatic N) is 2. The van der Waals surface area contributed by atoms with Crippen molar-refractivity contribution in [3.05, 3.63) is 42.5 Å². The molecule has 2 aliphatic heterocycles. The number of rotatable bonds is 8. The highest BCUT2D eigenvalue weighted by Gasteiger charge is 2.38. The SMILES string of the molecule is CCCOc1ccc(NC(=O)C[C@@H]2SC(=Nc3ccc4c(c3)OCO4)N(CC)C2=O)cc1. The van der Waals surface area contributed by atoms with E-state index in [1.807, 2.05) is 32.0 Å². The third-order valence-corrected chi connectivity index (χ3v) is 6.07. The van der Waals surface area contributed by atoms with Gasteiger partial charge in [0.2, 0.25) is 18.6 Å². The number of ether oxygens (including phenoxy) is 3. The molecule has 1 N–H and O–H groups in total. The predicted octanol–water partition coefficient (Wildman–Crippen LogP) is 4.18. The monoisotopic (exact) mass is 455 g/mol. The maximum atomic E-state index is 12.8. The summed E-state index contributed by atoms with van der Waals surface area (Å²) in [5.74, 6) is 1.73. The summed E-state index contributed by atoms with van der Waals surface area (Å²) in [6.45, 7) is 5.25. The quantitative estimate of drug-likeness (QED) is 0.642. The van der Waals surface area contributed by atoms with Crippen LogP contribution in [0.3, 0.4) is 0 Å². The summed E-state index contributed by atoms with van der Waals surface area (Å²) in [7, 11) is 0. The van der Waals surface area contributed by atoms with Crippen molar-refractivity contribution in [3.63, 3.8) is 0 Å². The van der Waals surface area contributed by atoms with Crippen molar-refractivity contribution in [2.75, 3.05) is 25.3 Å². The molecule has 0 spiro atoms. The first-order valence-electron chi connectivity index (χ1n) is 10.6. The van der Waals surface area contributed by atoms with E-state index in [1.54, 1.807) is 29.2 Å². The molecule has 0 aromatic heterocycles. The summed E-state index contributed by atoms with van der Waals surface area (Å²) in [5, 5.41) is 2.91. The van der Waals surface area contributed by atoms with Crippen molar-refractivity contribution in [1.29, 1.82) is 0 Å². The smallest absolute Gasteiger partial charge is 0.242 e. The van der Waals surface area contributed by atoms with Crippen molar-refractivity contribution in [1.82, 2.24) is 4.90 Å². The Hall–Kier alpha value is -3.20. The Morgan fingerprint density at radius 2 is 1.97 bits per heavy atom. The largest absolute Gasteiger partial charge is 0.494 e. The molecule has 8 nitrogen and oxygen atoms in total. The van der Waals surface area contributed by atoms with Crippen LogP contribution in [0.25, 0.3) is 0 Å². The van der Waals surface area contributed by atoms with Gasteiger partial charge < -0.3 is 19.5 Å². The predicted molar refractivity (Wildman–Crippen MR) is 124 cm³/mol. The molecule has 2 aromatic rings. The summed E-state index contributed by atoms with van der Waals surface area (Å²) in [5.41, 5.74) is 1.33. The maximum Gasteiger partial charge on any atom is 0.242 e. The molecule has 1 atom stereocenters. The third kappa shape index (κ3) is 4.99. The van der Waals surface area contributed by atoms with E-state index < -0.39 is 5.25 Å². The molecule has 2 heterocycles. The van der Waals surface area contributed by atoms with Crippen molar-refractivity contribution in [2.45, 2.75) is 31.9 Å². The van der Waals surface area contributed by atoms with E-state index in [2.05, 4.69) is 10.3 Å². The lowest BCUT2D eigenvalue weighted by Crippen LogP contribution is -2.33. The van der Waals surface area contributed by atoms with E-state index in [0.717, 1.165) is 12.2 Å². The molecule has 9 heteroatoms. The van der Waals surface area contributed by atoms with Gasteiger partial charge in [0.15, 0.2) is 16.7 Å². The molecule has 1 fully saturated rings. The van der Waals surface area contributed by atoms with Crippen LogP contribution in [0.2, 0.25) is 0 Å². The fraction of sp³-hybridized carbons (Fsp3) is 0.348. The second-order valence-electron chi connectivity index (χ2n) is 7.25. The highest BCUT2D eigenvalue weighted by Crippen LogP contribution is 2.37. The Labute approximate surface area is 190 Å². The topological polar surface area (TPSA) is 89.5 Å². The lowest BCUT2D eigenvalue weighted by molar-refractivity contribution is -0.128. The van der Waals surface area contributed by atoms with Crippen LogP contribution in [-0.2, 0) is 9.59 Å². The second kappa shape index (κ2) is 9.95. The number of hydrogen-bond donors (Lipinski definition) is 1. The van der Waals surface area contributed by atoms with Gasteiger partial charge >= 0.3 is 0 Å². The van der Waals surface area contributed by atoms with Gasteiger partial charge in [-0.25, -0.2) is 4.99 Å². The van der Waals surface area contributed by atoms with E-state index in [9.17, 15) is 9.59 Å². The van der Waals surface area contributed by atoms with Crippen LogP contribution < -0.4 is 19.5 Å². The van der Waals surface area contributed by atoms with E-state index in [4.69, 9.17) is 14.2 Å². The third-order valence-electron chi connectivity index (χ3n) is 4.90. The van der Waals surface area contributed by atoms with Gasteiger partial charge in [-0.2, -0.15) is 0 Å². The minimum absolute atomic E-state index is 0.0637. The standard InChI is InChI=1S/C23H25N3O5S/c1-3-11-29-17-8-5-15(6-9-17)24-21(27)13-20-22(28)26(4-2)23(32-20)25-16-7-10-18-19(12-16)31-14-30-18/h5-10,12,20H,3-4,11,13-14H2,1-2H3,(H,24,27)/t20-/m0/s1. The number of carbonyl (C=O) groups is 2. The molecule has 0 radical (unpaired) electrons. The Morgan fingerprint density at radius 1 is 1.19 bits per heavy atom. The number of anilines is 1. The van der Waals surface area contributed by atoms with Gasteiger partial charge in [-0.1, -0.05) is 18.7 Å². The molecule has 2 amide bonds. The van der Waals surface area contributed by atoms with Crippen LogP contribution in [0.15, 0.2) is 47.5 Å². The summed E-state index contributed by atoms with van der Waals surface area (Å²) < 4.78 is 16.3. The molecule has 0 bridgehead atoms. The van der Waals surface area contributed by atoms with E-state index >= 15 is 0 Å². The van der Waals surface area contributed by atoms with Crippen molar-refractivity contribution in [2.24, 2.45) is 4.99 Å². The lowest BCUT2D eigenvalue weighted by atomic mass is 10.2. The molecule has 0 saturated carbocycles. The first-order valence-corrected chi connectivity index (χ1v) is 11.4.